The summed E-state index contributed by atoms with van der Waals surface area (Å²) in [7, 11) is 0. The molecule has 3 aromatic heterocycles. The van der Waals surface area contributed by atoms with Crippen molar-refractivity contribution in [2.24, 2.45) is 0 Å². The van der Waals surface area contributed by atoms with Crippen LogP contribution in [0.5, 0.6) is 0 Å². The Kier molecular flexibility index (Phi) is 6.82. The molecule has 11 heteroatoms. The number of nitrogens with zero attached hydrogens (tertiary/aromatic N) is 6. The third-order valence-corrected chi connectivity index (χ3v) is 6.73. The second kappa shape index (κ2) is 10.2. The van der Waals surface area contributed by atoms with E-state index in [0.29, 0.717) is 45.2 Å². The summed E-state index contributed by atoms with van der Waals surface area (Å²) in [6, 6.07) is 4.89. The summed E-state index contributed by atoms with van der Waals surface area (Å²) in [5.74, 6) is -0.457. The smallest absolute Gasteiger partial charge is 0.225 e. The zero-order valence-electron chi connectivity index (χ0n) is 20.2. The van der Waals surface area contributed by atoms with Gasteiger partial charge in [-0.25, -0.2) is 33.6 Å². The second-order valence-electron chi connectivity index (χ2n) is 8.77. The normalized spacial score (nSPS) is 14.4. The maximum Gasteiger partial charge on any atom is 0.225 e. The van der Waals surface area contributed by atoms with Crippen LogP contribution in [0.25, 0.3) is 27.1 Å². The van der Waals surface area contributed by atoms with Gasteiger partial charge in [0.25, 0.3) is 0 Å². The Bertz CT molecular complexity index is 1510. The minimum absolute atomic E-state index is 0.0537. The van der Waals surface area contributed by atoms with Crippen molar-refractivity contribution in [1.29, 1.82) is 0 Å². The van der Waals surface area contributed by atoms with Gasteiger partial charge in [-0.3, -0.25) is 0 Å². The molecular weight excluding hydrogens is 498 g/mol. The lowest BCUT2D eigenvalue weighted by Gasteiger charge is -2.27. The van der Waals surface area contributed by atoms with Crippen LogP contribution in [0, 0.1) is 25.1 Å². The molecule has 0 saturated carbocycles. The molecule has 1 saturated heterocycles. The van der Waals surface area contributed by atoms with Crippen molar-refractivity contribution in [3.05, 3.63) is 76.0 Å². The molecule has 1 atom stereocenters. The van der Waals surface area contributed by atoms with Gasteiger partial charge in [0.05, 0.1) is 34.5 Å². The number of piperazine rings is 1. The Morgan fingerprint density at radius 2 is 1.84 bits per heavy atom. The zero-order chi connectivity index (χ0) is 26.1. The molecule has 1 fully saturated rings. The molecule has 1 aliphatic heterocycles. The number of hydrogen-bond acceptors (Lipinski definition) is 7. The number of rotatable bonds is 5. The summed E-state index contributed by atoms with van der Waals surface area (Å²) < 4.78 is 29.8. The number of hydrogen-bond donors (Lipinski definition) is 2. The first-order chi connectivity index (χ1) is 17.9. The van der Waals surface area contributed by atoms with Crippen molar-refractivity contribution in [3.63, 3.8) is 0 Å². The van der Waals surface area contributed by atoms with E-state index >= 15 is 4.39 Å². The minimum atomic E-state index is -0.574. The Morgan fingerprint density at radius 1 is 1.11 bits per heavy atom. The van der Waals surface area contributed by atoms with Crippen molar-refractivity contribution in [1.82, 2.24) is 25.3 Å². The van der Waals surface area contributed by atoms with E-state index in [1.165, 1.54) is 24.3 Å². The third-order valence-electron chi connectivity index (χ3n) is 6.27. The van der Waals surface area contributed by atoms with Gasteiger partial charge in [0.1, 0.15) is 17.0 Å². The van der Waals surface area contributed by atoms with Gasteiger partial charge >= 0.3 is 0 Å². The lowest BCUT2D eigenvalue weighted by molar-refractivity contribution is 0.580. The number of nitrogens with one attached hydrogen (secondary N) is 2. The Balaban J connectivity index is 1.55. The summed E-state index contributed by atoms with van der Waals surface area (Å²) in [4.78, 5) is 23.3. The van der Waals surface area contributed by atoms with Crippen LogP contribution in [0.2, 0.25) is 5.02 Å². The monoisotopic (exact) mass is 520 g/mol. The average Bonchev–Trinajstić information content (AvgIpc) is 2.92. The van der Waals surface area contributed by atoms with Gasteiger partial charge in [-0.15, -0.1) is 0 Å². The van der Waals surface area contributed by atoms with Crippen LogP contribution in [0.1, 0.15) is 24.2 Å². The molecule has 0 spiro atoms. The molecule has 5 rings (SSSR count). The highest BCUT2D eigenvalue weighted by Gasteiger charge is 2.21. The predicted octanol–water partition coefficient (Wildman–Crippen LogP) is 5.46. The molecule has 2 N–H and O–H groups in total. The van der Waals surface area contributed by atoms with Gasteiger partial charge in [-0.2, -0.15) is 0 Å². The Labute approximate surface area is 217 Å². The fourth-order valence-corrected chi connectivity index (χ4v) is 4.48. The summed E-state index contributed by atoms with van der Waals surface area (Å²) in [6.45, 7) is 14.0. The highest BCUT2D eigenvalue weighted by molar-refractivity contribution is 6.35. The first-order valence-corrected chi connectivity index (χ1v) is 12.1. The van der Waals surface area contributed by atoms with Gasteiger partial charge in [0, 0.05) is 50.2 Å². The van der Waals surface area contributed by atoms with E-state index in [0.717, 1.165) is 26.2 Å². The van der Waals surface area contributed by atoms with E-state index in [9.17, 15) is 4.39 Å². The number of pyridine rings is 2. The van der Waals surface area contributed by atoms with Crippen LogP contribution in [0.4, 0.5) is 26.1 Å². The molecule has 4 heterocycles. The van der Waals surface area contributed by atoms with Crippen molar-refractivity contribution in [2.75, 3.05) is 36.4 Å². The van der Waals surface area contributed by atoms with Crippen molar-refractivity contribution in [2.45, 2.75) is 19.9 Å². The van der Waals surface area contributed by atoms with Gasteiger partial charge < -0.3 is 15.5 Å². The average molecular weight is 521 g/mol. The fraction of sp³-hybridized carbons (Fsp3) is 0.269. The molecule has 8 nitrogen and oxygen atoms in total. The number of fused-ring (bicyclic) bond motifs is 1. The van der Waals surface area contributed by atoms with E-state index in [2.05, 4.69) is 40.3 Å². The SMILES string of the molecule is [C-]#[N+]c1ccc(F)c([C@@H](C)Nc2c(Cl)c(C)nc3cc(F)c(-c4cnc(N5CCNCC5)nc4)nc23)c1. The van der Waals surface area contributed by atoms with Crippen LogP contribution in [-0.2, 0) is 0 Å². The van der Waals surface area contributed by atoms with E-state index in [4.69, 9.17) is 18.2 Å². The number of aryl methyl sites for hydroxylation is 1. The minimum Gasteiger partial charge on any atom is -0.375 e. The van der Waals surface area contributed by atoms with Crippen LogP contribution in [0.3, 0.4) is 0 Å². The topological polar surface area (TPSA) is 83.2 Å². The number of benzene rings is 1. The molecule has 37 heavy (non-hydrogen) atoms. The molecule has 0 radical (unpaired) electrons. The van der Waals surface area contributed by atoms with Gasteiger partial charge in [0.2, 0.25) is 5.95 Å². The first kappa shape index (κ1) is 24.7. The van der Waals surface area contributed by atoms with Crippen LogP contribution >= 0.6 is 11.6 Å². The first-order valence-electron chi connectivity index (χ1n) is 11.7. The molecule has 1 aromatic carbocycles. The van der Waals surface area contributed by atoms with E-state index < -0.39 is 17.7 Å². The Hall–Kier alpha value is -3.94. The van der Waals surface area contributed by atoms with Crippen LogP contribution in [-0.4, -0.2) is 46.1 Å². The standard InChI is InChI=1S/C26H23ClF2N8/c1-14(18-10-17(30-3)4-5-19(18)28)35-25-22(27)15(2)34-21-11-20(29)23(36-24(21)25)16-12-32-26(33-13-16)37-8-6-31-7-9-37/h4-5,10-14,31H,6-9H2,1-2H3,(H,34,35)/t14-/m1/s1. The van der Waals surface area contributed by atoms with Gasteiger partial charge in [-0.05, 0) is 31.5 Å². The third kappa shape index (κ3) is 4.88. The second-order valence-corrected chi connectivity index (χ2v) is 9.14. The molecule has 0 unspecified atom stereocenters. The maximum atomic E-state index is 15.2. The predicted molar refractivity (Wildman–Crippen MR) is 140 cm³/mol. The lowest BCUT2D eigenvalue weighted by atomic mass is 10.1. The zero-order valence-corrected chi connectivity index (χ0v) is 20.9. The summed E-state index contributed by atoms with van der Waals surface area (Å²) in [5.41, 5.74) is 2.56. The van der Waals surface area contributed by atoms with E-state index in [1.807, 2.05) is 0 Å². The van der Waals surface area contributed by atoms with Crippen LogP contribution in [0.15, 0.2) is 36.7 Å². The number of aromatic nitrogens is 4. The highest BCUT2D eigenvalue weighted by atomic mass is 35.5. The molecular formula is C26H23ClF2N8. The molecule has 0 amide bonds. The fourth-order valence-electron chi connectivity index (χ4n) is 4.30. The largest absolute Gasteiger partial charge is 0.375 e. The van der Waals surface area contributed by atoms with E-state index in [-0.39, 0.29) is 10.7 Å². The number of anilines is 2. The van der Waals surface area contributed by atoms with Crippen molar-refractivity contribution >= 4 is 40.0 Å². The lowest BCUT2D eigenvalue weighted by Crippen LogP contribution is -2.44. The van der Waals surface area contributed by atoms with Gasteiger partial charge in [-0.1, -0.05) is 17.7 Å². The maximum absolute atomic E-state index is 15.2. The molecule has 0 bridgehead atoms. The highest BCUT2D eigenvalue weighted by Crippen LogP contribution is 2.36. The molecule has 1 aliphatic rings. The van der Waals surface area contributed by atoms with Crippen LogP contribution < -0.4 is 15.5 Å². The summed E-state index contributed by atoms with van der Waals surface area (Å²) in [5, 5.41) is 6.78. The van der Waals surface area contributed by atoms with Crippen molar-refractivity contribution < 1.29 is 8.78 Å². The summed E-state index contributed by atoms with van der Waals surface area (Å²) in [6.07, 6.45) is 3.09. The number of halogens is 3. The quantitative estimate of drug-likeness (QED) is 0.338. The summed E-state index contributed by atoms with van der Waals surface area (Å²) >= 11 is 6.61. The Morgan fingerprint density at radius 3 is 2.54 bits per heavy atom. The molecule has 0 aliphatic carbocycles. The molecule has 4 aromatic rings. The van der Waals surface area contributed by atoms with E-state index in [1.54, 1.807) is 26.2 Å². The van der Waals surface area contributed by atoms with Crippen molar-refractivity contribution in [3.8, 4) is 11.3 Å². The van der Waals surface area contributed by atoms with Gasteiger partial charge in [0.15, 0.2) is 11.5 Å². The molecule has 188 valence electrons.